The Hall–Kier alpha value is -1.50. The molecule has 6 heteroatoms. The Morgan fingerprint density at radius 3 is 2.93 bits per heavy atom. The maximum atomic E-state index is 11.4. The van der Waals surface area contributed by atoms with Crippen molar-refractivity contribution in [2.75, 3.05) is 26.9 Å². The van der Waals surface area contributed by atoms with Gasteiger partial charge < -0.3 is 18.9 Å². The number of methoxy groups -OCH3 is 1. The first-order valence-corrected chi connectivity index (χ1v) is 10.1. The average Bonchev–Trinajstić information content (AvgIpc) is 2.72. The van der Waals surface area contributed by atoms with Crippen LogP contribution in [0.4, 0.5) is 0 Å². The molecule has 1 saturated heterocycles. The van der Waals surface area contributed by atoms with E-state index in [0.29, 0.717) is 6.61 Å². The summed E-state index contributed by atoms with van der Waals surface area (Å²) < 4.78 is 21.8. The molecule has 1 fully saturated rings. The van der Waals surface area contributed by atoms with Crippen LogP contribution in [0.3, 0.4) is 0 Å². The van der Waals surface area contributed by atoms with Crippen LogP contribution in [0.15, 0.2) is 24.5 Å². The molecule has 1 aromatic heterocycles. The predicted octanol–water partition coefficient (Wildman–Crippen LogP) is 3.68. The van der Waals surface area contributed by atoms with Crippen LogP contribution in [0.25, 0.3) is 0 Å². The molecule has 0 radical (unpaired) electrons. The molecule has 2 unspecified atom stereocenters. The summed E-state index contributed by atoms with van der Waals surface area (Å²) in [5, 5.41) is 0. The first-order valence-electron chi connectivity index (χ1n) is 10.1. The number of unbranched alkanes of at least 4 members (excludes halogenated alkanes) is 1. The molecule has 0 aromatic carbocycles. The van der Waals surface area contributed by atoms with Gasteiger partial charge in [-0.05, 0) is 69.4 Å². The van der Waals surface area contributed by atoms with E-state index in [1.165, 1.54) is 19.1 Å². The quantitative estimate of drug-likeness (QED) is 0.385. The summed E-state index contributed by atoms with van der Waals surface area (Å²) in [4.78, 5) is 15.5. The van der Waals surface area contributed by atoms with E-state index in [9.17, 15) is 4.79 Å². The van der Waals surface area contributed by atoms with Gasteiger partial charge in [0, 0.05) is 25.6 Å². The van der Waals surface area contributed by atoms with Crippen LogP contribution in [-0.4, -0.2) is 50.3 Å². The van der Waals surface area contributed by atoms with Gasteiger partial charge in [-0.2, -0.15) is 0 Å². The maximum Gasteiger partial charge on any atom is 0.331 e. The SMILES string of the molecule is COC(=O)COC(CCCCOC1CCCCO1)CCCc1cccnc1. The maximum absolute atomic E-state index is 11.4. The molecule has 6 nitrogen and oxygen atoms in total. The molecule has 0 spiro atoms. The van der Waals surface area contributed by atoms with Crippen molar-refractivity contribution in [2.45, 2.75) is 70.2 Å². The normalized spacial score (nSPS) is 18.2. The lowest BCUT2D eigenvalue weighted by Crippen LogP contribution is -2.23. The van der Waals surface area contributed by atoms with Crippen LogP contribution >= 0.6 is 0 Å². The van der Waals surface area contributed by atoms with Crippen LogP contribution in [0.1, 0.15) is 56.9 Å². The number of pyridine rings is 1. The molecule has 27 heavy (non-hydrogen) atoms. The third-order valence-corrected chi connectivity index (χ3v) is 4.74. The monoisotopic (exact) mass is 379 g/mol. The minimum Gasteiger partial charge on any atom is -0.467 e. The molecular weight excluding hydrogens is 346 g/mol. The zero-order valence-corrected chi connectivity index (χ0v) is 16.4. The molecule has 0 amide bonds. The van der Waals surface area contributed by atoms with E-state index in [1.54, 1.807) is 6.20 Å². The Morgan fingerprint density at radius 2 is 2.19 bits per heavy atom. The van der Waals surface area contributed by atoms with E-state index >= 15 is 0 Å². The molecule has 2 rings (SSSR count). The van der Waals surface area contributed by atoms with Crippen LogP contribution in [0.2, 0.25) is 0 Å². The molecule has 152 valence electrons. The molecule has 0 saturated carbocycles. The van der Waals surface area contributed by atoms with Crippen molar-refractivity contribution < 1.29 is 23.7 Å². The van der Waals surface area contributed by atoms with Crippen molar-refractivity contribution >= 4 is 5.97 Å². The number of carbonyl (C=O) groups excluding carboxylic acids is 1. The lowest BCUT2D eigenvalue weighted by Gasteiger charge is -2.23. The fourth-order valence-corrected chi connectivity index (χ4v) is 3.17. The first kappa shape index (κ1) is 21.8. The second kappa shape index (κ2) is 13.6. The minimum atomic E-state index is -0.329. The Balaban J connectivity index is 1.63. The second-order valence-corrected chi connectivity index (χ2v) is 6.93. The highest BCUT2D eigenvalue weighted by Gasteiger charge is 2.15. The van der Waals surface area contributed by atoms with Gasteiger partial charge in [-0.1, -0.05) is 6.07 Å². The number of aromatic nitrogens is 1. The fraction of sp³-hybridized carbons (Fsp3) is 0.714. The number of ether oxygens (including phenoxy) is 4. The van der Waals surface area contributed by atoms with Crippen molar-refractivity contribution in [3.8, 4) is 0 Å². The van der Waals surface area contributed by atoms with Crippen LogP contribution in [0, 0.1) is 0 Å². The highest BCUT2D eigenvalue weighted by atomic mass is 16.7. The number of hydrogen-bond donors (Lipinski definition) is 0. The number of nitrogens with zero attached hydrogens (tertiary/aromatic N) is 1. The summed E-state index contributed by atoms with van der Waals surface area (Å²) in [7, 11) is 1.38. The Morgan fingerprint density at radius 1 is 1.30 bits per heavy atom. The number of hydrogen-bond acceptors (Lipinski definition) is 6. The largest absolute Gasteiger partial charge is 0.467 e. The van der Waals surface area contributed by atoms with Crippen LogP contribution < -0.4 is 0 Å². The third kappa shape index (κ3) is 9.84. The number of rotatable bonds is 13. The Bertz CT molecular complexity index is 505. The van der Waals surface area contributed by atoms with Crippen molar-refractivity contribution in [2.24, 2.45) is 0 Å². The summed E-state index contributed by atoms with van der Waals surface area (Å²) in [5.41, 5.74) is 1.23. The predicted molar refractivity (Wildman–Crippen MR) is 102 cm³/mol. The van der Waals surface area contributed by atoms with Crippen molar-refractivity contribution in [3.63, 3.8) is 0 Å². The average molecular weight is 379 g/mol. The van der Waals surface area contributed by atoms with Gasteiger partial charge in [-0.15, -0.1) is 0 Å². The van der Waals surface area contributed by atoms with Crippen molar-refractivity contribution in [1.29, 1.82) is 0 Å². The molecular formula is C21H33NO5. The molecule has 0 bridgehead atoms. The number of esters is 1. The Labute approximate surface area is 162 Å². The minimum absolute atomic E-state index is 0.0144. The van der Waals surface area contributed by atoms with Crippen molar-refractivity contribution in [3.05, 3.63) is 30.1 Å². The van der Waals surface area contributed by atoms with Gasteiger partial charge in [-0.3, -0.25) is 4.98 Å². The zero-order valence-electron chi connectivity index (χ0n) is 16.4. The van der Waals surface area contributed by atoms with Crippen LogP contribution in [-0.2, 0) is 30.2 Å². The van der Waals surface area contributed by atoms with E-state index in [2.05, 4.69) is 15.8 Å². The van der Waals surface area contributed by atoms with Gasteiger partial charge in [0.25, 0.3) is 0 Å². The van der Waals surface area contributed by atoms with Crippen LogP contribution in [0.5, 0.6) is 0 Å². The van der Waals surface area contributed by atoms with Gasteiger partial charge in [0.15, 0.2) is 6.29 Å². The van der Waals surface area contributed by atoms with Gasteiger partial charge in [0.05, 0.1) is 13.2 Å². The molecule has 1 aromatic rings. The van der Waals surface area contributed by atoms with Gasteiger partial charge in [0.2, 0.25) is 0 Å². The van der Waals surface area contributed by atoms with E-state index in [1.807, 2.05) is 12.3 Å². The second-order valence-electron chi connectivity index (χ2n) is 6.93. The van der Waals surface area contributed by atoms with E-state index < -0.39 is 0 Å². The summed E-state index contributed by atoms with van der Waals surface area (Å²) in [5.74, 6) is -0.329. The van der Waals surface area contributed by atoms with Gasteiger partial charge in [-0.25, -0.2) is 4.79 Å². The lowest BCUT2D eigenvalue weighted by molar-refractivity contribution is -0.163. The summed E-state index contributed by atoms with van der Waals surface area (Å²) in [6.07, 6.45) is 12.8. The lowest BCUT2D eigenvalue weighted by atomic mass is 10.0. The van der Waals surface area contributed by atoms with Crippen molar-refractivity contribution in [1.82, 2.24) is 4.98 Å². The Kier molecular flexibility index (Phi) is 11.0. The molecule has 1 aliphatic rings. The zero-order chi connectivity index (χ0) is 19.2. The molecule has 2 heterocycles. The molecule has 0 N–H and O–H groups in total. The first-order chi connectivity index (χ1) is 13.3. The summed E-state index contributed by atoms with van der Waals surface area (Å²) in [6.45, 7) is 1.54. The van der Waals surface area contributed by atoms with E-state index in [0.717, 1.165) is 58.0 Å². The van der Waals surface area contributed by atoms with Gasteiger partial charge >= 0.3 is 5.97 Å². The van der Waals surface area contributed by atoms with Gasteiger partial charge in [0.1, 0.15) is 6.61 Å². The standard InChI is InChI=1S/C21H33NO5/c1-24-20(23)17-27-19(11-6-8-18-9-7-13-22-16-18)10-2-4-14-25-21-12-3-5-15-26-21/h7,9,13,16,19,21H,2-6,8,10-12,14-15,17H2,1H3. The highest BCUT2D eigenvalue weighted by molar-refractivity contribution is 5.70. The topological polar surface area (TPSA) is 66.9 Å². The van der Waals surface area contributed by atoms with E-state index in [4.69, 9.17) is 14.2 Å². The third-order valence-electron chi connectivity index (χ3n) is 4.74. The number of carbonyl (C=O) groups is 1. The smallest absolute Gasteiger partial charge is 0.331 e. The highest BCUT2D eigenvalue weighted by Crippen LogP contribution is 2.16. The van der Waals surface area contributed by atoms with E-state index in [-0.39, 0.29) is 25.0 Å². The number of aryl methyl sites for hydroxylation is 1. The molecule has 0 aliphatic carbocycles. The molecule has 2 atom stereocenters. The summed E-state index contributed by atoms with van der Waals surface area (Å²) in [6, 6.07) is 4.04. The summed E-state index contributed by atoms with van der Waals surface area (Å²) >= 11 is 0. The molecule has 1 aliphatic heterocycles. The fourth-order valence-electron chi connectivity index (χ4n) is 3.17.